The standard InChI is InChI=1S/C50H75NO14/c1-12-26(2)45-29(5)18-19-49(65-45)24-36-21-35(64-49)17-16-28(4)44(27(3)14-13-15-34-25-58-47-43(53)30(6)20-37(48(54)61-36)50(34,47)55)62-41-23-39(57-11)46(32(8)60-41)63-40-22-38(56-10)42(31(7)59-40)51-33(9)52/h13-16,18-20,26-27,29,31-32,35-47,53,55H,12,17,21-25H2,1-11H3,(H,51,52)/b14-13+,28-16+,34-15+/t26-,27-,29-,31-,32-,35+,36-,37-,38-,39-,40-,41-,42-,43+,44-,45+,46-,47+,49?,50+/m0/s1. The molecule has 0 saturated carbocycles. The molecular weight excluding hydrogens is 839 g/mol. The number of rotatable bonds is 9. The number of methoxy groups -OCH3 is 2. The molecule has 0 aromatic rings. The van der Waals surface area contributed by atoms with Gasteiger partial charge in [-0.1, -0.05) is 70.6 Å². The Balaban J connectivity index is 1.16. The second-order valence-corrected chi connectivity index (χ2v) is 19.7. The summed E-state index contributed by atoms with van der Waals surface area (Å²) in [5.74, 6) is -2.75. The number of carbonyl (C=O) groups excluding carboxylic acids is 2. The van der Waals surface area contributed by atoms with Gasteiger partial charge in [-0.25, -0.2) is 0 Å². The van der Waals surface area contributed by atoms with Crippen molar-refractivity contribution in [2.75, 3.05) is 20.8 Å². The van der Waals surface area contributed by atoms with E-state index < -0.39 is 84.7 Å². The van der Waals surface area contributed by atoms with Crippen LogP contribution in [0, 0.1) is 23.7 Å². The van der Waals surface area contributed by atoms with Crippen molar-refractivity contribution in [2.24, 2.45) is 23.7 Å². The largest absolute Gasteiger partial charge is 0.462 e. The van der Waals surface area contributed by atoms with Crippen molar-refractivity contribution in [2.45, 2.75) is 198 Å². The van der Waals surface area contributed by atoms with E-state index in [0.29, 0.717) is 36.8 Å². The molecule has 0 aromatic carbocycles. The van der Waals surface area contributed by atoms with E-state index in [1.165, 1.54) is 6.92 Å². The first-order chi connectivity index (χ1) is 30.9. The van der Waals surface area contributed by atoms with Crippen LogP contribution in [-0.4, -0.2) is 140 Å². The third kappa shape index (κ3) is 10.6. The van der Waals surface area contributed by atoms with Gasteiger partial charge in [-0.15, -0.1) is 0 Å². The highest BCUT2D eigenvalue weighted by atomic mass is 16.7. The molecule has 1 unspecified atom stereocenters. The van der Waals surface area contributed by atoms with Gasteiger partial charge >= 0.3 is 5.97 Å². The lowest BCUT2D eigenvalue weighted by Gasteiger charge is -2.48. The van der Waals surface area contributed by atoms with Gasteiger partial charge < -0.3 is 62.9 Å². The number of hydrogen-bond donors (Lipinski definition) is 3. The average Bonchev–Trinajstić information content (AvgIpc) is 3.61. The number of fused-ring (bicyclic) bond motifs is 2. The molecule has 1 spiro atoms. The van der Waals surface area contributed by atoms with Crippen molar-refractivity contribution >= 4 is 11.9 Å². The van der Waals surface area contributed by atoms with Gasteiger partial charge in [-0.2, -0.15) is 0 Å². The number of allylic oxidation sites excluding steroid dienone is 2. The number of esters is 1. The number of nitrogens with one attached hydrogen (secondary N) is 1. The van der Waals surface area contributed by atoms with Crippen LogP contribution in [0.5, 0.6) is 0 Å². The van der Waals surface area contributed by atoms with E-state index in [1.807, 2.05) is 39.0 Å². The zero-order valence-electron chi connectivity index (χ0n) is 40.2. The topological polar surface area (TPSA) is 179 Å². The first-order valence-electron chi connectivity index (χ1n) is 23.8. The van der Waals surface area contributed by atoms with Crippen LogP contribution in [0.15, 0.2) is 59.3 Å². The van der Waals surface area contributed by atoms with Crippen molar-refractivity contribution in [3.63, 3.8) is 0 Å². The van der Waals surface area contributed by atoms with Crippen molar-refractivity contribution < 1.29 is 67.2 Å². The molecule has 364 valence electrons. The number of ether oxygens (including phenoxy) is 10. The number of aliphatic hydroxyl groups excluding tert-OH is 1. The summed E-state index contributed by atoms with van der Waals surface area (Å²) in [6.07, 6.45) is 9.46. The van der Waals surface area contributed by atoms with E-state index >= 15 is 0 Å². The van der Waals surface area contributed by atoms with Gasteiger partial charge in [0.1, 0.15) is 35.9 Å². The molecule has 7 rings (SSSR count). The molecule has 4 fully saturated rings. The number of aliphatic hydroxyl groups is 2. The molecule has 2 bridgehead atoms. The minimum atomic E-state index is -1.84. The number of hydrogen-bond acceptors (Lipinski definition) is 14. The van der Waals surface area contributed by atoms with Crippen LogP contribution in [0.4, 0.5) is 0 Å². The highest BCUT2D eigenvalue weighted by molar-refractivity contribution is 5.78. The van der Waals surface area contributed by atoms with Gasteiger partial charge in [0.15, 0.2) is 18.4 Å². The summed E-state index contributed by atoms with van der Waals surface area (Å²) in [6.45, 7) is 17.7. The number of carbonyl (C=O) groups is 2. The Morgan fingerprint density at radius 3 is 2.35 bits per heavy atom. The third-order valence-corrected chi connectivity index (χ3v) is 14.9. The van der Waals surface area contributed by atoms with E-state index in [2.05, 4.69) is 45.2 Å². The molecule has 15 heteroatoms. The molecule has 1 aliphatic carbocycles. The van der Waals surface area contributed by atoms with E-state index in [0.717, 1.165) is 12.0 Å². The first kappa shape index (κ1) is 50.1. The molecule has 7 aliphatic rings. The van der Waals surface area contributed by atoms with E-state index in [-0.39, 0.29) is 61.0 Å². The van der Waals surface area contributed by atoms with Crippen LogP contribution in [0.25, 0.3) is 0 Å². The molecule has 65 heavy (non-hydrogen) atoms. The minimum Gasteiger partial charge on any atom is -0.462 e. The average molecular weight is 914 g/mol. The van der Waals surface area contributed by atoms with Crippen LogP contribution in [0.3, 0.4) is 0 Å². The summed E-state index contributed by atoms with van der Waals surface area (Å²) in [5.41, 5.74) is 0.116. The minimum absolute atomic E-state index is 0.0270. The van der Waals surface area contributed by atoms with Crippen LogP contribution < -0.4 is 5.32 Å². The van der Waals surface area contributed by atoms with Gasteiger partial charge in [-0.05, 0) is 62.8 Å². The van der Waals surface area contributed by atoms with Crippen molar-refractivity contribution in [3.8, 4) is 0 Å². The van der Waals surface area contributed by atoms with Crippen molar-refractivity contribution in [1.29, 1.82) is 0 Å². The SMILES string of the molecule is CC[C@H](C)[C@H]1OC2(C=C[C@@H]1C)C[C@@H]1C[C@@H](C/C=C(\C)[C@@H](O[C@H]3C[C@H](OC)[C@@H](O[C@H]4C[C@H](OC)[C@@H](NC(C)=O)[C@H](C)O4)[C@H](C)O3)[C@@H](C)/C=C/C=C3\CO[C@@H]4[C@H](O)C(C)=C[C@@H](C(=O)O1)[C@]34O)O2. The Labute approximate surface area is 385 Å². The normalized spacial score (nSPS) is 47.3. The maximum atomic E-state index is 14.4. The predicted molar refractivity (Wildman–Crippen MR) is 239 cm³/mol. The lowest BCUT2D eigenvalue weighted by molar-refractivity contribution is -0.311. The lowest BCUT2D eigenvalue weighted by Crippen LogP contribution is -2.58. The molecular formula is C50H75NO14. The van der Waals surface area contributed by atoms with Gasteiger partial charge in [0.2, 0.25) is 5.91 Å². The Bertz CT molecular complexity index is 1850. The fraction of sp³-hybridized carbons (Fsp3) is 0.760. The first-order valence-corrected chi connectivity index (χ1v) is 23.8. The maximum Gasteiger partial charge on any atom is 0.316 e. The third-order valence-electron chi connectivity index (χ3n) is 14.9. The Hall–Kier alpha value is -2.80. The van der Waals surface area contributed by atoms with Gasteiger partial charge in [0, 0.05) is 58.7 Å². The van der Waals surface area contributed by atoms with Crippen LogP contribution in [-0.2, 0) is 57.0 Å². The molecule has 15 nitrogen and oxygen atoms in total. The summed E-state index contributed by atoms with van der Waals surface area (Å²) >= 11 is 0. The van der Waals surface area contributed by atoms with Gasteiger partial charge in [0.05, 0.1) is 55.4 Å². The summed E-state index contributed by atoms with van der Waals surface area (Å²) in [5, 5.41) is 26.7. The smallest absolute Gasteiger partial charge is 0.316 e. The molecule has 0 aromatic heterocycles. The second kappa shape index (κ2) is 20.8. The van der Waals surface area contributed by atoms with Crippen LogP contribution in [0.2, 0.25) is 0 Å². The van der Waals surface area contributed by atoms with Crippen molar-refractivity contribution in [1.82, 2.24) is 5.32 Å². The molecule has 0 radical (unpaired) electrons. The second-order valence-electron chi connectivity index (χ2n) is 19.7. The molecule has 3 N–H and O–H groups in total. The summed E-state index contributed by atoms with van der Waals surface area (Å²) in [6, 6.07) is -0.315. The Morgan fingerprint density at radius 1 is 0.938 bits per heavy atom. The molecule has 6 heterocycles. The van der Waals surface area contributed by atoms with Gasteiger partial charge in [-0.3, -0.25) is 9.59 Å². The summed E-state index contributed by atoms with van der Waals surface area (Å²) in [4.78, 5) is 26.3. The van der Waals surface area contributed by atoms with E-state index in [9.17, 15) is 19.8 Å². The van der Waals surface area contributed by atoms with Crippen molar-refractivity contribution in [3.05, 3.63) is 59.3 Å². The summed E-state index contributed by atoms with van der Waals surface area (Å²) in [7, 11) is 3.27. The van der Waals surface area contributed by atoms with Crippen LogP contribution >= 0.6 is 0 Å². The molecule has 4 saturated heterocycles. The lowest BCUT2D eigenvalue weighted by atomic mass is 9.71. The fourth-order valence-corrected chi connectivity index (χ4v) is 11.0. The molecule has 20 atom stereocenters. The summed E-state index contributed by atoms with van der Waals surface area (Å²) < 4.78 is 64.4. The highest BCUT2D eigenvalue weighted by Crippen LogP contribution is 2.47. The highest BCUT2D eigenvalue weighted by Gasteiger charge is 2.60. The van der Waals surface area contributed by atoms with E-state index in [4.69, 9.17) is 47.4 Å². The Kier molecular flexibility index (Phi) is 16.0. The van der Waals surface area contributed by atoms with E-state index in [1.54, 1.807) is 33.3 Å². The predicted octanol–water partition coefficient (Wildman–Crippen LogP) is 5.52. The molecule has 1 amide bonds. The molecule has 6 aliphatic heterocycles. The monoisotopic (exact) mass is 914 g/mol. The number of amides is 1. The zero-order valence-corrected chi connectivity index (χ0v) is 40.2. The quantitative estimate of drug-likeness (QED) is 0.195. The van der Waals surface area contributed by atoms with Crippen LogP contribution in [0.1, 0.15) is 101 Å². The van der Waals surface area contributed by atoms with Gasteiger partial charge in [0.25, 0.3) is 0 Å². The Morgan fingerprint density at radius 2 is 1.65 bits per heavy atom. The fourth-order valence-electron chi connectivity index (χ4n) is 11.0. The maximum absolute atomic E-state index is 14.4. The zero-order chi connectivity index (χ0) is 47.0.